The minimum Gasteiger partial charge on any atom is -0.481 e. The molecule has 0 fully saturated rings. The zero-order valence-corrected chi connectivity index (χ0v) is 21.3. The Morgan fingerprint density at radius 1 is 1.03 bits per heavy atom. The van der Waals surface area contributed by atoms with Crippen LogP contribution in [0, 0.1) is 10.1 Å². The molecule has 0 aliphatic carbocycles. The molecule has 192 valence electrons. The van der Waals surface area contributed by atoms with Gasteiger partial charge in [-0.05, 0) is 54.1 Å². The van der Waals surface area contributed by atoms with Crippen molar-refractivity contribution in [3.05, 3.63) is 110 Å². The molecule has 0 saturated heterocycles. The maximum atomic E-state index is 12.8. The van der Waals surface area contributed by atoms with Crippen molar-refractivity contribution in [3.63, 3.8) is 0 Å². The second-order valence-corrected chi connectivity index (χ2v) is 8.80. The molecule has 0 aliphatic rings. The molecular weight excluding hydrogens is 533 g/mol. The molecule has 0 bridgehead atoms. The van der Waals surface area contributed by atoms with Gasteiger partial charge in [0.25, 0.3) is 11.6 Å². The minimum atomic E-state index is -0.953. The highest BCUT2D eigenvalue weighted by molar-refractivity contribution is 6.36. The second kappa shape index (κ2) is 11.7. The van der Waals surface area contributed by atoms with E-state index in [0.717, 1.165) is 10.8 Å². The molecule has 0 aliphatic heterocycles. The van der Waals surface area contributed by atoms with Crippen molar-refractivity contribution in [2.45, 2.75) is 13.0 Å². The average Bonchev–Trinajstić information content (AvgIpc) is 2.89. The van der Waals surface area contributed by atoms with Crippen molar-refractivity contribution in [1.82, 2.24) is 5.43 Å². The number of carbonyl (C=O) groups is 2. The van der Waals surface area contributed by atoms with Gasteiger partial charge in [-0.2, -0.15) is 5.10 Å². The first-order valence-corrected chi connectivity index (χ1v) is 11.9. The standard InChI is InChI=1S/C27H19Cl2N3O6/c1-16(37-20-10-8-19(9-11-20)32(35)36)26(33)31-30-15-23-21-5-3-2-4-17(21)6-13-25(23)38-27(34)22-12-7-18(28)14-24(22)29/h2-16H,1H3,(H,31,33)/b30-15+. The van der Waals surface area contributed by atoms with Gasteiger partial charge in [-0.3, -0.25) is 14.9 Å². The van der Waals surface area contributed by atoms with Gasteiger partial charge in [-0.15, -0.1) is 0 Å². The molecule has 4 aromatic carbocycles. The van der Waals surface area contributed by atoms with Crippen LogP contribution < -0.4 is 14.9 Å². The number of nitrogens with zero attached hydrogens (tertiary/aromatic N) is 2. The first-order valence-electron chi connectivity index (χ1n) is 11.2. The summed E-state index contributed by atoms with van der Waals surface area (Å²) in [5.74, 6) is -0.767. The fourth-order valence-electron chi connectivity index (χ4n) is 3.46. The van der Waals surface area contributed by atoms with E-state index in [1.165, 1.54) is 55.6 Å². The van der Waals surface area contributed by atoms with Gasteiger partial charge in [0.15, 0.2) is 6.10 Å². The number of ether oxygens (including phenoxy) is 2. The topological polar surface area (TPSA) is 120 Å². The van der Waals surface area contributed by atoms with Gasteiger partial charge < -0.3 is 9.47 Å². The normalized spacial score (nSPS) is 11.8. The molecule has 0 spiro atoms. The third-order valence-electron chi connectivity index (χ3n) is 5.38. The summed E-state index contributed by atoms with van der Waals surface area (Å²) in [7, 11) is 0. The lowest BCUT2D eigenvalue weighted by Gasteiger charge is -2.13. The maximum Gasteiger partial charge on any atom is 0.345 e. The molecular formula is C27H19Cl2N3O6. The van der Waals surface area contributed by atoms with Crippen LogP contribution in [0.4, 0.5) is 5.69 Å². The molecule has 11 heteroatoms. The van der Waals surface area contributed by atoms with Crippen LogP contribution in [-0.4, -0.2) is 29.1 Å². The number of halogens is 2. The first kappa shape index (κ1) is 26.6. The third-order valence-corrected chi connectivity index (χ3v) is 5.93. The van der Waals surface area contributed by atoms with Gasteiger partial charge in [0.2, 0.25) is 0 Å². The van der Waals surface area contributed by atoms with E-state index in [4.69, 9.17) is 32.7 Å². The number of rotatable bonds is 8. The number of nitro groups is 1. The van der Waals surface area contributed by atoms with E-state index in [0.29, 0.717) is 10.6 Å². The summed E-state index contributed by atoms with van der Waals surface area (Å²) in [6.45, 7) is 1.51. The molecule has 9 nitrogen and oxygen atoms in total. The van der Waals surface area contributed by atoms with Crippen LogP contribution in [0.3, 0.4) is 0 Å². The highest BCUT2D eigenvalue weighted by atomic mass is 35.5. The number of nitro benzene ring substituents is 1. The lowest BCUT2D eigenvalue weighted by atomic mass is 10.0. The van der Waals surface area contributed by atoms with Crippen LogP contribution in [0.25, 0.3) is 10.8 Å². The number of nitrogens with one attached hydrogen (secondary N) is 1. The van der Waals surface area contributed by atoms with Crippen molar-refractivity contribution >= 4 is 57.8 Å². The van der Waals surface area contributed by atoms with Gasteiger partial charge in [0.1, 0.15) is 11.5 Å². The molecule has 1 N–H and O–H groups in total. The number of hydrogen-bond donors (Lipinski definition) is 1. The number of fused-ring (bicyclic) bond motifs is 1. The summed E-state index contributed by atoms with van der Waals surface area (Å²) >= 11 is 12.1. The predicted molar refractivity (Wildman–Crippen MR) is 144 cm³/mol. The monoisotopic (exact) mass is 551 g/mol. The van der Waals surface area contributed by atoms with E-state index >= 15 is 0 Å². The van der Waals surface area contributed by atoms with E-state index in [1.54, 1.807) is 12.1 Å². The summed E-state index contributed by atoms with van der Waals surface area (Å²) in [6, 6.07) is 20.6. The molecule has 1 unspecified atom stereocenters. The Morgan fingerprint density at radius 2 is 1.76 bits per heavy atom. The summed E-state index contributed by atoms with van der Waals surface area (Å²) in [6.07, 6.45) is 0.413. The summed E-state index contributed by atoms with van der Waals surface area (Å²) in [5, 5.41) is 16.9. The molecule has 4 aromatic rings. The largest absolute Gasteiger partial charge is 0.481 e. The van der Waals surface area contributed by atoms with Crippen LogP contribution in [0.15, 0.2) is 84.0 Å². The van der Waals surface area contributed by atoms with Gasteiger partial charge in [-0.1, -0.05) is 53.5 Å². The van der Waals surface area contributed by atoms with Gasteiger partial charge in [0, 0.05) is 22.7 Å². The Labute approximate surface area is 226 Å². The van der Waals surface area contributed by atoms with Gasteiger partial charge in [-0.25, -0.2) is 10.2 Å². The number of hydrazone groups is 1. The minimum absolute atomic E-state index is 0.0935. The first-order chi connectivity index (χ1) is 18.2. The van der Waals surface area contributed by atoms with Crippen molar-refractivity contribution < 1.29 is 24.0 Å². The van der Waals surface area contributed by atoms with Crippen LogP contribution in [0.1, 0.15) is 22.8 Å². The van der Waals surface area contributed by atoms with Crippen LogP contribution in [0.2, 0.25) is 10.0 Å². The number of esters is 1. The fraction of sp³-hybridized carbons (Fsp3) is 0.0741. The SMILES string of the molecule is CC(Oc1ccc([N+](=O)[O-])cc1)C(=O)N/N=C/c1c(OC(=O)c2ccc(Cl)cc2Cl)ccc2ccccc12. The zero-order chi connectivity index (χ0) is 27.2. The highest BCUT2D eigenvalue weighted by Crippen LogP contribution is 2.29. The third kappa shape index (κ3) is 6.26. The number of carbonyl (C=O) groups excluding carboxylic acids is 2. The van der Waals surface area contributed by atoms with E-state index < -0.39 is 22.9 Å². The lowest BCUT2D eigenvalue weighted by Crippen LogP contribution is -2.33. The fourth-order valence-corrected chi connectivity index (χ4v) is 3.95. The number of hydrogen-bond acceptors (Lipinski definition) is 7. The molecule has 0 heterocycles. The van der Waals surface area contributed by atoms with Crippen molar-refractivity contribution in [2.24, 2.45) is 5.10 Å². The predicted octanol–water partition coefficient (Wildman–Crippen LogP) is 6.19. The van der Waals surface area contributed by atoms with Crippen LogP contribution >= 0.6 is 23.2 Å². The van der Waals surface area contributed by atoms with Gasteiger partial charge >= 0.3 is 5.97 Å². The van der Waals surface area contributed by atoms with Crippen molar-refractivity contribution in [1.29, 1.82) is 0 Å². The Bertz CT molecular complexity index is 1560. The van der Waals surface area contributed by atoms with E-state index in [9.17, 15) is 19.7 Å². The smallest absolute Gasteiger partial charge is 0.345 e. The average molecular weight is 552 g/mol. The Morgan fingerprint density at radius 3 is 2.47 bits per heavy atom. The van der Waals surface area contributed by atoms with E-state index in [1.807, 2.05) is 24.3 Å². The van der Waals surface area contributed by atoms with E-state index in [2.05, 4.69) is 10.5 Å². The summed E-state index contributed by atoms with van der Waals surface area (Å²) in [4.78, 5) is 35.6. The highest BCUT2D eigenvalue weighted by Gasteiger charge is 2.18. The molecule has 1 atom stereocenters. The number of benzene rings is 4. The Hall–Kier alpha value is -4.47. The van der Waals surface area contributed by atoms with Crippen LogP contribution in [-0.2, 0) is 4.79 Å². The molecule has 1 amide bonds. The van der Waals surface area contributed by atoms with Crippen LogP contribution in [0.5, 0.6) is 11.5 Å². The number of amides is 1. The lowest BCUT2D eigenvalue weighted by molar-refractivity contribution is -0.384. The van der Waals surface area contributed by atoms with Crippen molar-refractivity contribution in [3.8, 4) is 11.5 Å². The van der Waals surface area contributed by atoms with Gasteiger partial charge in [0.05, 0.1) is 21.7 Å². The summed E-state index contributed by atoms with van der Waals surface area (Å²) < 4.78 is 11.2. The Balaban J connectivity index is 1.52. The maximum absolute atomic E-state index is 12.8. The van der Waals surface area contributed by atoms with E-state index in [-0.39, 0.29) is 27.8 Å². The molecule has 0 radical (unpaired) electrons. The Kier molecular flexibility index (Phi) is 8.20. The molecule has 38 heavy (non-hydrogen) atoms. The molecule has 0 aromatic heterocycles. The van der Waals surface area contributed by atoms with Crippen molar-refractivity contribution in [2.75, 3.05) is 0 Å². The number of non-ortho nitro benzene ring substituents is 1. The molecule has 4 rings (SSSR count). The zero-order valence-electron chi connectivity index (χ0n) is 19.8. The molecule has 0 saturated carbocycles. The quantitative estimate of drug-likeness (QED) is 0.0915. The summed E-state index contributed by atoms with van der Waals surface area (Å²) in [5.41, 5.74) is 2.89. The second-order valence-electron chi connectivity index (χ2n) is 7.96.